The molecule has 3 amide bonds. The number of hydrogen-bond donors (Lipinski definition) is 0. The Morgan fingerprint density at radius 3 is 1.92 bits per heavy atom. The number of carbonyl (C=O) groups is 3. The van der Waals surface area contributed by atoms with E-state index in [9.17, 15) is 34.6 Å². The van der Waals surface area contributed by atoms with Crippen LogP contribution in [0.15, 0.2) is 77.8 Å². The molecule has 0 saturated carbocycles. The molecule has 3 aromatic carbocycles. The van der Waals surface area contributed by atoms with E-state index < -0.39 is 28.1 Å². The van der Waals surface area contributed by atoms with E-state index in [1.54, 1.807) is 30.7 Å². The molecule has 16 nitrogen and oxygen atoms in total. The first-order valence-corrected chi connectivity index (χ1v) is 17.9. The first-order chi connectivity index (χ1) is 25.4. The van der Waals surface area contributed by atoms with E-state index in [4.69, 9.17) is 14.2 Å². The number of piperazine rings is 1. The zero-order valence-corrected chi connectivity index (χ0v) is 30.3. The van der Waals surface area contributed by atoms with Crippen molar-refractivity contribution >= 4 is 47.1 Å². The second kappa shape index (κ2) is 17.7. The van der Waals surface area contributed by atoms with Gasteiger partial charge >= 0.3 is 12.2 Å². The number of amidine groups is 1. The first-order valence-electron chi connectivity index (χ1n) is 16.8. The number of nitrogens with zero attached hydrogens (tertiary/aromatic N) is 6. The number of benzene rings is 3. The highest BCUT2D eigenvalue weighted by Crippen LogP contribution is 2.32. The number of methoxy groups -OCH3 is 1. The first kappa shape index (κ1) is 38.5. The van der Waals surface area contributed by atoms with Crippen molar-refractivity contribution in [3.63, 3.8) is 0 Å². The molecule has 2 aliphatic heterocycles. The van der Waals surface area contributed by atoms with Crippen molar-refractivity contribution in [3.8, 4) is 5.75 Å². The summed E-state index contributed by atoms with van der Waals surface area (Å²) in [5.74, 6) is 1.65. The fourth-order valence-corrected chi connectivity index (χ4v) is 7.37. The van der Waals surface area contributed by atoms with Gasteiger partial charge in [-0.25, -0.2) is 9.59 Å². The van der Waals surface area contributed by atoms with Gasteiger partial charge in [0, 0.05) is 67.5 Å². The van der Waals surface area contributed by atoms with Gasteiger partial charge in [-0.1, -0.05) is 12.1 Å². The normalized spacial score (nSPS) is 18.7. The monoisotopic (exact) mass is 748 g/mol. The summed E-state index contributed by atoms with van der Waals surface area (Å²) in [6.45, 7) is 4.76. The van der Waals surface area contributed by atoms with E-state index in [1.807, 2.05) is 36.1 Å². The van der Waals surface area contributed by atoms with Crippen LogP contribution in [0.2, 0.25) is 0 Å². The number of hydrogen-bond acceptors (Lipinski definition) is 11. The van der Waals surface area contributed by atoms with Crippen LogP contribution in [-0.2, 0) is 33.2 Å². The number of nitro groups is 2. The van der Waals surface area contributed by atoms with Crippen molar-refractivity contribution in [3.05, 3.63) is 110 Å². The molecule has 2 saturated heterocycles. The molecule has 3 aromatic rings. The van der Waals surface area contributed by atoms with Gasteiger partial charge in [0.05, 0.1) is 17.0 Å². The third-order valence-corrected chi connectivity index (χ3v) is 10.4. The lowest BCUT2D eigenvalue weighted by molar-refractivity contribution is -0.385. The summed E-state index contributed by atoms with van der Waals surface area (Å²) in [5.41, 5.74) is 2.10. The summed E-state index contributed by atoms with van der Waals surface area (Å²) in [6, 6.07) is 18.2. The van der Waals surface area contributed by atoms with E-state index >= 15 is 0 Å². The topological polar surface area (TPSA) is 187 Å². The zero-order valence-electron chi connectivity index (χ0n) is 29.5. The van der Waals surface area contributed by atoms with Gasteiger partial charge in [-0.2, -0.15) is 16.8 Å². The third-order valence-electron chi connectivity index (χ3n) is 9.05. The quantitative estimate of drug-likeness (QED) is 0.0992. The second-order valence-corrected chi connectivity index (χ2v) is 13.9. The standard InChI is InChI=1S/C36H40N6O10S/c1-24-19-38(16-17-39(24)25(2)37-35(44)51-21-26-4-10-29(11-5-26)41(46)47)34(43)33-18-32(53-23-28-8-14-31(50-3)15-9-28)20-40(33)36(45)52-22-27-6-12-30(13-7-27)42(48)49/h4-15,24,32-33H,16-23H2,1-3H3/t24-,32-,33-/m0/s1. The van der Waals surface area contributed by atoms with Crippen LogP contribution in [0.1, 0.15) is 37.0 Å². The summed E-state index contributed by atoms with van der Waals surface area (Å²) >= 11 is 1.65. The van der Waals surface area contributed by atoms with Crippen molar-refractivity contribution < 1.29 is 38.4 Å². The van der Waals surface area contributed by atoms with Crippen molar-refractivity contribution in [1.29, 1.82) is 0 Å². The Hall–Kier alpha value is -5.71. The molecule has 2 aliphatic rings. The average Bonchev–Trinajstić information content (AvgIpc) is 3.60. The Labute approximate surface area is 310 Å². The number of ether oxygens (including phenoxy) is 3. The van der Waals surface area contributed by atoms with Gasteiger partial charge in [0.15, 0.2) is 0 Å². The van der Waals surface area contributed by atoms with Crippen LogP contribution in [0.4, 0.5) is 21.0 Å². The Bertz CT molecular complexity index is 1820. The van der Waals surface area contributed by atoms with Gasteiger partial charge in [0.25, 0.3) is 11.4 Å². The highest BCUT2D eigenvalue weighted by atomic mass is 32.2. The van der Waals surface area contributed by atoms with Crippen LogP contribution < -0.4 is 4.74 Å². The molecule has 0 spiro atoms. The number of aliphatic imine (C=N–C) groups is 1. The minimum atomic E-state index is -0.807. The van der Waals surface area contributed by atoms with Crippen LogP contribution >= 0.6 is 11.8 Å². The second-order valence-electron chi connectivity index (χ2n) is 12.6. The number of nitro benzene ring substituents is 2. The minimum absolute atomic E-state index is 0.0388. The highest BCUT2D eigenvalue weighted by molar-refractivity contribution is 7.99. The lowest BCUT2D eigenvalue weighted by Crippen LogP contribution is -2.58. The Balaban J connectivity index is 1.20. The molecule has 5 rings (SSSR count). The number of thioether (sulfide) groups is 1. The van der Waals surface area contributed by atoms with E-state index in [2.05, 4.69) is 4.99 Å². The lowest BCUT2D eigenvalue weighted by Gasteiger charge is -2.42. The number of rotatable bonds is 11. The Morgan fingerprint density at radius 2 is 1.38 bits per heavy atom. The van der Waals surface area contributed by atoms with Gasteiger partial charge in [-0.05, 0) is 73.4 Å². The molecule has 0 N–H and O–H groups in total. The molecule has 280 valence electrons. The molecule has 2 fully saturated rings. The van der Waals surface area contributed by atoms with E-state index in [0.717, 1.165) is 11.3 Å². The smallest absolute Gasteiger partial charge is 0.435 e. The molecule has 0 aliphatic carbocycles. The fourth-order valence-electron chi connectivity index (χ4n) is 6.17. The largest absolute Gasteiger partial charge is 0.497 e. The number of carbonyl (C=O) groups excluding carboxylic acids is 3. The van der Waals surface area contributed by atoms with Crippen LogP contribution in [0.3, 0.4) is 0 Å². The molecule has 0 bridgehead atoms. The summed E-state index contributed by atoms with van der Waals surface area (Å²) in [6.07, 6.45) is -1.02. The van der Waals surface area contributed by atoms with Crippen molar-refractivity contribution in [2.75, 3.05) is 33.3 Å². The highest BCUT2D eigenvalue weighted by Gasteiger charge is 2.43. The predicted octanol–water partition coefficient (Wildman–Crippen LogP) is 5.81. The Morgan fingerprint density at radius 1 is 0.811 bits per heavy atom. The maximum Gasteiger partial charge on any atom is 0.435 e. The number of amides is 3. The predicted molar refractivity (Wildman–Crippen MR) is 196 cm³/mol. The SMILES string of the molecule is COc1ccc(CS[C@H]2C[C@@H](C(=O)N3CCN(C(C)=NC(=O)OCc4ccc([N+](=O)[O-])cc4)[C@@H](C)C3)N(C(=O)OCc3ccc([N+](=O)[O-])cc3)C2)cc1. The van der Waals surface area contributed by atoms with Crippen molar-refractivity contribution in [2.24, 2.45) is 4.99 Å². The average molecular weight is 749 g/mol. The number of likely N-dealkylation sites (tertiary alicyclic amines) is 1. The molecular formula is C36H40N6O10S. The van der Waals surface area contributed by atoms with Crippen molar-refractivity contribution in [2.45, 2.75) is 56.6 Å². The lowest BCUT2D eigenvalue weighted by atomic mass is 10.1. The van der Waals surface area contributed by atoms with E-state index in [0.29, 0.717) is 55.3 Å². The van der Waals surface area contributed by atoms with Crippen LogP contribution in [-0.4, -0.2) is 99.1 Å². The third kappa shape index (κ3) is 10.2. The molecule has 0 unspecified atom stereocenters. The molecule has 17 heteroatoms. The van der Waals surface area contributed by atoms with Gasteiger partial charge in [0.1, 0.15) is 30.8 Å². The maximum atomic E-state index is 14.1. The van der Waals surface area contributed by atoms with E-state index in [1.165, 1.54) is 53.4 Å². The summed E-state index contributed by atoms with van der Waals surface area (Å²) in [4.78, 5) is 70.1. The summed E-state index contributed by atoms with van der Waals surface area (Å²) < 4.78 is 16.1. The molecule has 3 atom stereocenters. The maximum absolute atomic E-state index is 14.1. The fraction of sp³-hybridized carbons (Fsp3) is 0.389. The summed E-state index contributed by atoms with van der Waals surface area (Å²) in [7, 11) is 1.61. The number of non-ortho nitro benzene ring substituents is 2. The molecule has 0 radical (unpaired) electrons. The van der Waals surface area contributed by atoms with Crippen LogP contribution in [0, 0.1) is 20.2 Å². The Kier molecular flexibility index (Phi) is 12.8. The van der Waals surface area contributed by atoms with Gasteiger partial charge in [-0.15, -0.1) is 0 Å². The van der Waals surface area contributed by atoms with Crippen molar-refractivity contribution in [1.82, 2.24) is 14.7 Å². The van der Waals surface area contributed by atoms with Gasteiger partial charge < -0.3 is 24.0 Å². The molecule has 2 heterocycles. The molecule has 53 heavy (non-hydrogen) atoms. The van der Waals surface area contributed by atoms with Gasteiger partial charge in [0.2, 0.25) is 5.91 Å². The van der Waals surface area contributed by atoms with Crippen LogP contribution in [0.25, 0.3) is 0 Å². The zero-order chi connectivity index (χ0) is 38.1. The summed E-state index contributed by atoms with van der Waals surface area (Å²) in [5, 5.41) is 21.8. The van der Waals surface area contributed by atoms with Gasteiger partial charge in [-0.3, -0.25) is 29.9 Å². The molecule has 0 aromatic heterocycles. The molecular weight excluding hydrogens is 708 g/mol. The minimum Gasteiger partial charge on any atom is -0.497 e. The van der Waals surface area contributed by atoms with E-state index in [-0.39, 0.29) is 41.8 Å². The van der Waals surface area contributed by atoms with Crippen LogP contribution in [0.5, 0.6) is 5.75 Å².